The zero-order valence-corrected chi connectivity index (χ0v) is 24.4. The second kappa shape index (κ2) is 13.2. The fraction of sp³-hybridized carbons (Fsp3) is 0.176. The number of halogens is 1. The number of nitrogens with zero attached hydrogens (tertiary/aromatic N) is 1. The van der Waals surface area contributed by atoms with E-state index in [1.165, 1.54) is 0 Å². The van der Waals surface area contributed by atoms with Crippen molar-refractivity contribution >= 4 is 17.6 Å². The van der Waals surface area contributed by atoms with E-state index >= 15 is 0 Å². The maximum Gasteiger partial charge on any atom is 0.315 e. The van der Waals surface area contributed by atoms with Gasteiger partial charge in [0.2, 0.25) is 5.88 Å². The minimum absolute atomic E-state index is 0.0252. The van der Waals surface area contributed by atoms with Crippen molar-refractivity contribution in [2.24, 2.45) is 5.73 Å². The molecular formula is C34H29ClN2O6. The van der Waals surface area contributed by atoms with Crippen LogP contribution in [-0.4, -0.2) is 19.7 Å². The van der Waals surface area contributed by atoms with Gasteiger partial charge in [-0.3, -0.25) is 4.79 Å². The van der Waals surface area contributed by atoms with E-state index in [9.17, 15) is 10.1 Å². The summed E-state index contributed by atoms with van der Waals surface area (Å²) < 4.78 is 28.5. The van der Waals surface area contributed by atoms with Crippen molar-refractivity contribution < 1.29 is 28.5 Å². The molecule has 0 aromatic heterocycles. The third kappa shape index (κ3) is 6.85. The number of nitrogens with two attached hydrogens (primary N) is 1. The number of hydrogen-bond donors (Lipinski definition) is 1. The number of carbonyl (C=O) groups is 1. The van der Waals surface area contributed by atoms with Crippen LogP contribution in [0.2, 0.25) is 5.02 Å². The maximum atomic E-state index is 12.6. The number of ether oxygens (including phenoxy) is 5. The second-order valence-corrected chi connectivity index (χ2v) is 10.1. The Labute approximate surface area is 254 Å². The quantitative estimate of drug-likeness (QED) is 0.159. The molecule has 1 aliphatic rings. The molecule has 1 unspecified atom stereocenters. The standard InChI is InChI=1S/C34H29ClN2O6/c1-3-40-31-17-23(8-15-29(31)41-20-22-4-9-24(35)10-5-22)33-27-14-13-26(18-30(27)43-34(37)28(33)19-36)42-32(38)16-21-6-11-25(39-2)12-7-21/h4-15,17-18,33H,3,16,20,37H2,1-2H3. The SMILES string of the molecule is CCOc1cc(C2C(C#N)=C(N)Oc3cc(OC(=O)Cc4ccc(OC)cc4)ccc32)ccc1OCc1ccc(Cl)cc1. The van der Waals surface area contributed by atoms with E-state index in [2.05, 4.69) is 6.07 Å². The Kier molecular flexibility index (Phi) is 9.04. The lowest BCUT2D eigenvalue weighted by Gasteiger charge is -2.27. The van der Waals surface area contributed by atoms with Crippen molar-refractivity contribution in [3.05, 3.63) is 124 Å². The minimum atomic E-state index is -0.540. The van der Waals surface area contributed by atoms with Crippen molar-refractivity contribution in [1.29, 1.82) is 5.26 Å². The highest BCUT2D eigenvalue weighted by molar-refractivity contribution is 6.30. The van der Waals surface area contributed by atoms with E-state index < -0.39 is 11.9 Å². The summed E-state index contributed by atoms with van der Waals surface area (Å²) in [5.74, 6) is 1.47. The smallest absolute Gasteiger partial charge is 0.315 e. The Morgan fingerprint density at radius 2 is 1.65 bits per heavy atom. The van der Waals surface area contributed by atoms with Crippen molar-refractivity contribution in [1.82, 2.24) is 0 Å². The Morgan fingerprint density at radius 1 is 0.930 bits per heavy atom. The first-order chi connectivity index (χ1) is 20.9. The summed E-state index contributed by atoms with van der Waals surface area (Å²) in [4.78, 5) is 12.6. The molecule has 2 N–H and O–H groups in total. The molecule has 43 heavy (non-hydrogen) atoms. The number of hydrogen-bond acceptors (Lipinski definition) is 8. The van der Waals surface area contributed by atoms with Crippen molar-refractivity contribution in [2.75, 3.05) is 13.7 Å². The van der Waals surface area contributed by atoms with Crippen LogP contribution in [0.25, 0.3) is 0 Å². The molecule has 1 heterocycles. The Bertz CT molecular complexity index is 1690. The first-order valence-electron chi connectivity index (χ1n) is 13.6. The third-order valence-corrected chi connectivity index (χ3v) is 7.09. The molecule has 0 aliphatic carbocycles. The highest BCUT2D eigenvalue weighted by Crippen LogP contribution is 2.45. The van der Waals surface area contributed by atoms with Gasteiger partial charge in [0.25, 0.3) is 0 Å². The molecule has 0 bridgehead atoms. The molecule has 0 amide bonds. The van der Waals surface area contributed by atoms with E-state index in [0.717, 1.165) is 16.7 Å². The predicted octanol–water partition coefficient (Wildman–Crippen LogP) is 6.69. The van der Waals surface area contributed by atoms with Crippen molar-refractivity contribution in [2.45, 2.75) is 25.9 Å². The van der Waals surface area contributed by atoms with Gasteiger partial charge in [0.1, 0.15) is 35.5 Å². The van der Waals surface area contributed by atoms with Gasteiger partial charge in [0, 0.05) is 16.7 Å². The largest absolute Gasteiger partial charge is 0.497 e. The molecule has 1 aliphatic heterocycles. The molecule has 4 aromatic rings. The number of fused-ring (bicyclic) bond motifs is 1. The predicted molar refractivity (Wildman–Crippen MR) is 161 cm³/mol. The van der Waals surface area contributed by atoms with Gasteiger partial charge < -0.3 is 29.4 Å². The van der Waals surface area contributed by atoms with Gasteiger partial charge in [-0.2, -0.15) is 5.26 Å². The molecule has 1 atom stereocenters. The second-order valence-electron chi connectivity index (χ2n) is 9.68. The molecule has 218 valence electrons. The molecule has 0 spiro atoms. The summed E-state index contributed by atoms with van der Waals surface area (Å²) in [5.41, 5.74) is 9.67. The zero-order chi connectivity index (χ0) is 30.3. The Balaban J connectivity index is 1.39. The fourth-order valence-corrected chi connectivity index (χ4v) is 4.88. The molecule has 9 heteroatoms. The van der Waals surface area contributed by atoms with E-state index in [4.69, 9.17) is 41.0 Å². The van der Waals surface area contributed by atoms with Gasteiger partial charge in [-0.05, 0) is 66.1 Å². The number of rotatable bonds is 10. The van der Waals surface area contributed by atoms with E-state index in [1.807, 2.05) is 49.4 Å². The first kappa shape index (κ1) is 29.4. The first-order valence-corrected chi connectivity index (χ1v) is 14.0. The minimum Gasteiger partial charge on any atom is -0.497 e. The van der Waals surface area contributed by atoms with Crippen molar-refractivity contribution in [3.8, 4) is 34.8 Å². The number of nitriles is 1. The number of methoxy groups -OCH3 is 1. The third-order valence-electron chi connectivity index (χ3n) is 6.84. The molecule has 0 radical (unpaired) electrons. The maximum absolute atomic E-state index is 12.6. The number of esters is 1. The molecular weight excluding hydrogens is 568 g/mol. The highest BCUT2D eigenvalue weighted by atomic mass is 35.5. The summed E-state index contributed by atoms with van der Waals surface area (Å²) in [6, 6.07) is 27.3. The molecule has 0 saturated heterocycles. The van der Waals surface area contributed by atoms with E-state index in [0.29, 0.717) is 52.5 Å². The van der Waals surface area contributed by atoms with Crippen LogP contribution in [0.15, 0.2) is 96.4 Å². The lowest BCUT2D eigenvalue weighted by atomic mass is 9.83. The van der Waals surface area contributed by atoms with Crippen molar-refractivity contribution in [3.63, 3.8) is 0 Å². The average molecular weight is 597 g/mol. The van der Waals surface area contributed by atoms with Crippen LogP contribution < -0.4 is 29.4 Å². The van der Waals surface area contributed by atoms with Crippen LogP contribution in [0, 0.1) is 11.3 Å². The number of allylic oxidation sites excluding steroid dienone is 1. The Hall–Kier alpha value is -5.13. The molecule has 5 rings (SSSR count). The summed E-state index contributed by atoms with van der Waals surface area (Å²) in [7, 11) is 1.58. The van der Waals surface area contributed by atoms with Gasteiger partial charge >= 0.3 is 5.97 Å². The number of benzene rings is 4. The van der Waals surface area contributed by atoms with Gasteiger partial charge in [-0.15, -0.1) is 0 Å². The van der Waals surface area contributed by atoms with E-state index in [-0.39, 0.29) is 17.9 Å². The monoisotopic (exact) mass is 596 g/mol. The summed E-state index contributed by atoms with van der Waals surface area (Å²) in [6.45, 7) is 2.63. The van der Waals surface area contributed by atoms with Crippen LogP contribution in [0.4, 0.5) is 0 Å². The van der Waals surface area contributed by atoms with Gasteiger partial charge in [0.05, 0.1) is 26.1 Å². The van der Waals surface area contributed by atoms with E-state index in [1.54, 1.807) is 49.6 Å². The normalized spacial score (nSPS) is 13.8. The topological polar surface area (TPSA) is 113 Å². The Morgan fingerprint density at radius 3 is 2.35 bits per heavy atom. The molecule has 0 saturated carbocycles. The summed E-state index contributed by atoms with van der Waals surface area (Å²) >= 11 is 5.99. The van der Waals surface area contributed by atoms with Crippen LogP contribution in [-0.2, 0) is 17.8 Å². The molecule has 0 fully saturated rings. The molecule has 4 aromatic carbocycles. The van der Waals surface area contributed by atoms with Crippen LogP contribution in [0.5, 0.6) is 28.7 Å². The van der Waals surface area contributed by atoms with Crippen LogP contribution >= 0.6 is 11.6 Å². The van der Waals surface area contributed by atoms with Gasteiger partial charge in [-0.25, -0.2) is 0 Å². The van der Waals surface area contributed by atoms with Gasteiger partial charge in [-0.1, -0.05) is 48.0 Å². The average Bonchev–Trinajstić information content (AvgIpc) is 3.01. The zero-order valence-electron chi connectivity index (χ0n) is 23.6. The summed E-state index contributed by atoms with van der Waals surface area (Å²) in [6.07, 6.45) is 0.0812. The molecule has 8 nitrogen and oxygen atoms in total. The highest BCUT2D eigenvalue weighted by Gasteiger charge is 2.32. The number of carbonyl (C=O) groups excluding carboxylic acids is 1. The van der Waals surface area contributed by atoms with Crippen LogP contribution in [0.1, 0.15) is 35.1 Å². The lowest BCUT2D eigenvalue weighted by molar-refractivity contribution is -0.133. The van der Waals surface area contributed by atoms with Gasteiger partial charge in [0.15, 0.2) is 11.5 Å². The summed E-state index contributed by atoms with van der Waals surface area (Å²) in [5, 5.41) is 10.7. The van der Waals surface area contributed by atoms with Crippen LogP contribution in [0.3, 0.4) is 0 Å². The fourth-order valence-electron chi connectivity index (χ4n) is 4.75. The lowest BCUT2D eigenvalue weighted by Crippen LogP contribution is -2.21.